The molecule has 35 heavy (non-hydrogen) atoms. The molecule has 2 aromatic heterocycles. The van der Waals surface area contributed by atoms with Crippen LogP contribution in [0.15, 0.2) is 67.0 Å². The number of anilines is 2. The van der Waals surface area contributed by atoms with Crippen molar-refractivity contribution in [3.05, 3.63) is 83.9 Å². The van der Waals surface area contributed by atoms with Gasteiger partial charge in [-0.05, 0) is 48.5 Å². The molecule has 4 aromatic rings. The van der Waals surface area contributed by atoms with E-state index in [-0.39, 0.29) is 17.2 Å². The largest absolute Gasteiger partial charge is 0.419 e. The average molecular weight is 484 g/mol. The summed E-state index contributed by atoms with van der Waals surface area (Å²) in [5.74, 6) is -1.99. The van der Waals surface area contributed by atoms with Crippen LogP contribution >= 0.6 is 0 Å². The molecule has 0 radical (unpaired) electrons. The zero-order valence-electron chi connectivity index (χ0n) is 18.0. The van der Waals surface area contributed by atoms with Crippen molar-refractivity contribution in [3.8, 4) is 16.9 Å². The molecule has 2 aromatic carbocycles. The van der Waals surface area contributed by atoms with Crippen molar-refractivity contribution in [2.75, 3.05) is 10.6 Å². The zero-order valence-corrected chi connectivity index (χ0v) is 18.0. The van der Waals surface area contributed by atoms with Crippen LogP contribution in [0.4, 0.5) is 29.1 Å². The molecule has 2 heterocycles. The summed E-state index contributed by atoms with van der Waals surface area (Å²) in [4.78, 5) is 27.8. The van der Waals surface area contributed by atoms with Gasteiger partial charge in [0.1, 0.15) is 17.3 Å². The molecule has 0 aliphatic carbocycles. The predicted molar refractivity (Wildman–Crippen MR) is 118 cm³/mol. The van der Waals surface area contributed by atoms with Gasteiger partial charge in [-0.3, -0.25) is 9.59 Å². The Morgan fingerprint density at radius 2 is 1.80 bits per heavy atom. The van der Waals surface area contributed by atoms with Gasteiger partial charge >= 0.3 is 6.18 Å². The Bertz CT molecular complexity index is 1400. The fourth-order valence-corrected chi connectivity index (χ4v) is 3.14. The third-order valence-electron chi connectivity index (χ3n) is 4.76. The number of aromatic nitrogens is 4. The Labute approximate surface area is 195 Å². The van der Waals surface area contributed by atoms with Crippen molar-refractivity contribution in [3.63, 3.8) is 0 Å². The lowest BCUT2D eigenvalue weighted by atomic mass is 10.1. The molecule has 0 aliphatic rings. The summed E-state index contributed by atoms with van der Waals surface area (Å²) >= 11 is 0. The van der Waals surface area contributed by atoms with Gasteiger partial charge in [0.25, 0.3) is 5.91 Å². The lowest BCUT2D eigenvalue weighted by Gasteiger charge is -2.11. The number of nitrogens with zero attached hydrogens (tertiary/aromatic N) is 4. The minimum absolute atomic E-state index is 0.138. The van der Waals surface area contributed by atoms with E-state index >= 15 is 0 Å². The van der Waals surface area contributed by atoms with Gasteiger partial charge < -0.3 is 10.6 Å². The number of halogens is 4. The summed E-state index contributed by atoms with van der Waals surface area (Å²) in [5.41, 5.74) is 0.0444. The highest BCUT2D eigenvalue weighted by molar-refractivity contribution is 6.04. The van der Waals surface area contributed by atoms with Gasteiger partial charge in [0, 0.05) is 29.9 Å². The number of carbonyl (C=O) groups is 2. The predicted octanol–water partition coefficient (Wildman–Crippen LogP) is 4.70. The van der Waals surface area contributed by atoms with E-state index in [0.29, 0.717) is 34.9 Å². The Morgan fingerprint density at radius 3 is 2.49 bits per heavy atom. The first kappa shape index (κ1) is 23.5. The van der Waals surface area contributed by atoms with Crippen LogP contribution in [0.25, 0.3) is 16.9 Å². The Hall–Kier alpha value is -4.61. The average Bonchev–Trinajstić information content (AvgIpc) is 3.30. The maximum atomic E-state index is 13.5. The van der Waals surface area contributed by atoms with Gasteiger partial charge in [0.2, 0.25) is 5.91 Å². The standard InChI is InChI=1S/C23H16F4N6O2/c1-13(34)29-21-8-5-15(11-28-21)20-12-33(32-31-20)17-4-2-3-14(9-17)22(35)30-16-6-7-19(24)18(10-16)23(25,26)27/h2-12H,1H3,(H,30,35)(H,28,29,34). The quantitative estimate of drug-likeness (QED) is 0.400. The van der Waals surface area contributed by atoms with Crippen molar-refractivity contribution < 1.29 is 27.2 Å². The van der Waals surface area contributed by atoms with E-state index in [1.165, 1.54) is 29.9 Å². The van der Waals surface area contributed by atoms with E-state index in [0.717, 1.165) is 6.07 Å². The van der Waals surface area contributed by atoms with E-state index in [2.05, 4.69) is 25.9 Å². The molecule has 178 valence electrons. The van der Waals surface area contributed by atoms with E-state index in [1.54, 1.807) is 30.5 Å². The topological polar surface area (TPSA) is 102 Å². The fraction of sp³-hybridized carbons (Fsp3) is 0.0870. The monoisotopic (exact) mass is 484 g/mol. The number of benzene rings is 2. The second-order valence-electron chi connectivity index (χ2n) is 7.36. The van der Waals surface area contributed by atoms with Crippen LogP contribution in [0.2, 0.25) is 0 Å². The molecule has 0 saturated carbocycles. The highest BCUT2D eigenvalue weighted by Gasteiger charge is 2.34. The van der Waals surface area contributed by atoms with Crippen molar-refractivity contribution in [2.24, 2.45) is 0 Å². The highest BCUT2D eigenvalue weighted by Crippen LogP contribution is 2.33. The number of alkyl halides is 3. The summed E-state index contributed by atoms with van der Waals surface area (Å²) < 4.78 is 53.7. The van der Waals surface area contributed by atoms with Crippen LogP contribution in [0.5, 0.6) is 0 Å². The van der Waals surface area contributed by atoms with Gasteiger partial charge in [-0.15, -0.1) is 5.10 Å². The first-order chi connectivity index (χ1) is 16.6. The number of hydrogen-bond acceptors (Lipinski definition) is 5. The molecular weight excluding hydrogens is 468 g/mol. The smallest absolute Gasteiger partial charge is 0.322 e. The third kappa shape index (κ3) is 5.49. The minimum atomic E-state index is -4.89. The molecule has 0 unspecified atom stereocenters. The first-order valence-electron chi connectivity index (χ1n) is 10.0. The summed E-state index contributed by atoms with van der Waals surface area (Å²) in [5, 5.41) is 13.0. The molecule has 0 bridgehead atoms. The number of rotatable bonds is 5. The molecule has 2 amide bonds. The summed E-state index contributed by atoms with van der Waals surface area (Å²) in [6, 6.07) is 11.7. The molecule has 0 aliphatic heterocycles. The molecule has 12 heteroatoms. The molecule has 0 fully saturated rings. The Kier molecular flexibility index (Phi) is 6.28. The SMILES string of the molecule is CC(=O)Nc1ccc(-c2cn(-c3cccc(C(=O)Nc4ccc(F)c(C(F)(F)F)c4)c3)nn2)cn1. The molecule has 2 N–H and O–H groups in total. The van der Waals surface area contributed by atoms with Crippen LogP contribution in [-0.2, 0) is 11.0 Å². The van der Waals surface area contributed by atoms with E-state index in [9.17, 15) is 27.2 Å². The van der Waals surface area contributed by atoms with Gasteiger partial charge in [0.05, 0.1) is 17.4 Å². The van der Waals surface area contributed by atoms with Crippen LogP contribution in [0.1, 0.15) is 22.8 Å². The van der Waals surface area contributed by atoms with Crippen LogP contribution in [0.3, 0.4) is 0 Å². The molecule has 4 rings (SSSR count). The minimum Gasteiger partial charge on any atom is -0.322 e. The molecule has 0 atom stereocenters. The van der Waals surface area contributed by atoms with Gasteiger partial charge in [0.15, 0.2) is 0 Å². The maximum Gasteiger partial charge on any atom is 0.419 e. The van der Waals surface area contributed by atoms with Crippen molar-refractivity contribution in [1.29, 1.82) is 0 Å². The maximum absolute atomic E-state index is 13.5. The number of nitrogens with one attached hydrogen (secondary N) is 2. The van der Waals surface area contributed by atoms with Crippen LogP contribution in [-0.4, -0.2) is 31.8 Å². The van der Waals surface area contributed by atoms with Crippen molar-refractivity contribution in [1.82, 2.24) is 20.0 Å². The van der Waals surface area contributed by atoms with Gasteiger partial charge in [-0.25, -0.2) is 14.1 Å². The van der Waals surface area contributed by atoms with Gasteiger partial charge in [-0.2, -0.15) is 13.2 Å². The van der Waals surface area contributed by atoms with Crippen LogP contribution < -0.4 is 10.6 Å². The second kappa shape index (κ2) is 9.33. The first-order valence-corrected chi connectivity index (χ1v) is 10.0. The van der Waals surface area contributed by atoms with Crippen LogP contribution in [0, 0.1) is 5.82 Å². The fourth-order valence-electron chi connectivity index (χ4n) is 3.14. The summed E-state index contributed by atoms with van der Waals surface area (Å²) in [6.45, 7) is 1.37. The van der Waals surface area contributed by atoms with E-state index < -0.39 is 23.5 Å². The molecule has 0 spiro atoms. The lowest BCUT2D eigenvalue weighted by molar-refractivity contribution is -0.139. The number of amides is 2. The molecular formula is C23H16F4N6O2. The highest BCUT2D eigenvalue weighted by atomic mass is 19.4. The summed E-state index contributed by atoms with van der Waals surface area (Å²) in [6.07, 6.45) is -1.78. The molecule has 8 nitrogen and oxygen atoms in total. The van der Waals surface area contributed by atoms with Crippen molar-refractivity contribution >= 4 is 23.3 Å². The number of carbonyl (C=O) groups excluding carboxylic acids is 2. The molecule has 0 saturated heterocycles. The van der Waals surface area contributed by atoms with Crippen molar-refractivity contribution in [2.45, 2.75) is 13.1 Å². The lowest BCUT2D eigenvalue weighted by Crippen LogP contribution is -2.14. The number of hydrogen-bond donors (Lipinski definition) is 2. The van der Waals surface area contributed by atoms with E-state index in [1.807, 2.05) is 0 Å². The van der Waals surface area contributed by atoms with Gasteiger partial charge in [-0.1, -0.05) is 11.3 Å². The Balaban J connectivity index is 1.52. The summed E-state index contributed by atoms with van der Waals surface area (Å²) in [7, 11) is 0. The Morgan fingerprint density at radius 1 is 1.00 bits per heavy atom. The third-order valence-corrected chi connectivity index (χ3v) is 4.76. The number of pyridine rings is 1. The zero-order chi connectivity index (χ0) is 25.2. The second-order valence-corrected chi connectivity index (χ2v) is 7.36. The van der Waals surface area contributed by atoms with E-state index in [4.69, 9.17) is 0 Å². The normalized spacial score (nSPS) is 11.2.